The van der Waals surface area contributed by atoms with Crippen molar-refractivity contribution in [2.24, 2.45) is 0 Å². The van der Waals surface area contributed by atoms with Crippen LogP contribution < -0.4 is 10.3 Å². The molecule has 1 aromatic carbocycles. The van der Waals surface area contributed by atoms with Crippen LogP contribution in [-0.2, 0) is 6.61 Å². The van der Waals surface area contributed by atoms with Crippen molar-refractivity contribution in [3.8, 4) is 5.88 Å². The van der Waals surface area contributed by atoms with Crippen LogP contribution in [0.15, 0.2) is 57.9 Å². The van der Waals surface area contributed by atoms with Gasteiger partial charge in [0.2, 0.25) is 5.88 Å². The number of ether oxygens (including phenoxy) is 1. The fourth-order valence-electron chi connectivity index (χ4n) is 2.55. The molecule has 0 aliphatic carbocycles. The first-order chi connectivity index (χ1) is 12.1. The van der Waals surface area contributed by atoms with E-state index in [1.165, 1.54) is 10.5 Å². The van der Waals surface area contributed by atoms with Crippen molar-refractivity contribution in [1.82, 2.24) is 19.4 Å². The highest BCUT2D eigenvalue weighted by Crippen LogP contribution is 2.18. The standard InChI is InChI=1S/C18H13BrN4O2/c1-11-18(22-15-5-3-2-4-14(15)20-11)25-10-13-8-17(24)23-9-12(19)6-7-16(23)21-13/h2-9H,10H2,1H3. The Kier molecular flexibility index (Phi) is 3.93. The summed E-state index contributed by atoms with van der Waals surface area (Å²) in [7, 11) is 0. The topological polar surface area (TPSA) is 69.4 Å². The van der Waals surface area contributed by atoms with E-state index in [4.69, 9.17) is 4.74 Å². The van der Waals surface area contributed by atoms with Crippen LogP contribution in [0.25, 0.3) is 16.7 Å². The normalized spacial score (nSPS) is 11.1. The fourth-order valence-corrected chi connectivity index (χ4v) is 2.89. The molecular weight excluding hydrogens is 384 g/mol. The number of aryl methyl sites for hydroxylation is 1. The molecule has 4 aromatic rings. The summed E-state index contributed by atoms with van der Waals surface area (Å²) in [6.45, 7) is 1.99. The minimum absolute atomic E-state index is 0.148. The van der Waals surface area contributed by atoms with Gasteiger partial charge in [0.25, 0.3) is 5.56 Å². The number of benzene rings is 1. The van der Waals surface area contributed by atoms with E-state index in [-0.39, 0.29) is 12.2 Å². The molecule has 0 unspecified atom stereocenters. The summed E-state index contributed by atoms with van der Waals surface area (Å²) in [4.78, 5) is 25.6. The maximum atomic E-state index is 12.2. The van der Waals surface area contributed by atoms with Gasteiger partial charge in [0.05, 0.1) is 16.7 Å². The zero-order chi connectivity index (χ0) is 17.4. The first-order valence-corrected chi connectivity index (χ1v) is 8.43. The zero-order valence-corrected chi connectivity index (χ0v) is 14.9. The van der Waals surface area contributed by atoms with Gasteiger partial charge in [-0.25, -0.2) is 15.0 Å². The van der Waals surface area contributed by atoms with Crippen molar-refractivity contribution in [2.75, 3.05) is 0 Å². The molecule has 0 bridgehead atoms. The molecule has 124 valence electrons. The SMILES string of the molecule is Cc1nc2ccccc2nc1OCc1cc(=O)n2cc(Br)ccc2n1. The smallest absolute Gasteiger partial charge is 0.258 e. The van der Waals surface area contributed by atoms with E-state index >= 15 is 0 Å². The lowest BCUT2D eigenvalue weighted by Gasteiger charge is -2.09. The quantitative estimate of drug-likeness (QED) is 0.531. The second-order valence-corrected chi connectivity index (χ2v) is 6.47. The maximum absolute atomic E-state index is 12.2. The first kappa shape index (κ1) is 15.7. The molecule has 0 aliphatic heterocycles. The molecule has 7 heteroatoms. The summed E-state index contributed by atoms with van der Waals surface area (Å²) in [5.74, 6) is 0.441. The van der Waals surface area contributed by atoms with Crippen molar-refractivity contribution in [3.63, 3.8) is 0 Å². The Balaban J connectivity index is 1.65. The third-order valence-corrected chi connectivity index (χ3v) is 4.20. The predicted octanol–water partition coefficient (Wildman–Crippen LogP) is 3.29. The third-order valence-electron chi connectivity index (χ3n) is 3.73. The first-order valence-electron chi connectivity index (χ1n) is 7.64. The molecule has 3 heterocycles. The second-order valence-electron chi connectivity index (χ2n) is 5.55. The van der Waals surface area contributed by atoms with Gasteiger partial charge in [0, 0.05) is 16.7 Å². The molecule has 4 rings (SSSR count). The third kappa shape index (κ3) is 3.10. The molecule has 3 aromatic heterocycles. The molecule has 0 saturated heterocycles. The molecule has 0 atom stereocenters. The fraction of sp³-hybridized carbons (Fsp3) is 0.111. The average molecular weight is 397 g/mol. The molecule has 25 heavy (non-hydrogen) atoms. The second kappa shape index (κ2) is 6.25. The van der Waals surface area contributed by atoms with Crippen molar-refractivity contribution in [3.05, 3.63) is 74.9 Å². The number of aromatic nitrogens is 4. The van der Waals surface area contributed by atoms with E-state index in [0.717, 1.165) is 15.5 Å². The number of nitrogens with zero attached hydrogens (tertiary/aromatic N) is 4. The highest BCUT2D eigenvalue weighted by molar-refractivity contribution is 9.10. The summed E-state index contributed by atoms with van der Waals surface area (Å²) in [5.41, 5.74) is 3.23. The molecular formula is C18H13BrN4O2. The van der Waals surface area contributed by atoms with Crippen molar-refractivity contribution < 1.29 is 4.74 Å². The Hall–Kier alpha value is -2.80. The summed E-state index contributed by atoms with van der Waals surface area (Å²) in [5, 5.41) is 0. The molecule has 0 saturated carbocycles. The van der Waals surface area contributed by atoms with Gasteiger partial charge < -0.3 is 4.74 Å². The van der Waals surface area contributed by atoms with Crippen LogP contribution in [0.2, 0.25) is 0 Å². The van der Waals surface area contributed by atoms with Crippen LogP contribution in [0.4, 0.5) is 0 Å². The van der Waals surface area contributed by atoms with Crippen LogP contribution >= 0.6 is 15.9 Å². The highest BCUT2D eigenvalue weighted by atomic mass is 79.9. The Labute approximate surface area is 151 Å². The minimum atomic E-state index is -0.161. The maximum Gasteiger partial charge on any atom is 0.258 e. The number of hydrogen-bond donors (Lipinski definition) is 0. The van der Waals surface area contributed by atoms with Gasteiger partial charge >= 0.3 is 0 Å². The van der Waals surface area contributed by atoms with Gasteiger partial charge in [-0.2, -0.15) is 0 Å². The van der Waals surface area contributed by atoms with Crippen molar-refractivity contribution >= 4 is 32.6 Å². The Bertz CT molecular complexity index is 1160. The lowest BCUT2D eigenvalue weighted by atomic mass is 10.3. The van der Waals surface area contributed by atoms with Crippen LogP contribution in [0.5, 0.6) is 5.88 Å². The van der Waals surface area contributed by atoms with Crippen LogP contribution in [-0.4, -0.2) is 19.4 Å². The number of fused-ring (bicyclic) bond motifs is 2. The molecule has 6 nitrogen and oxygen atoms in total. The van der Waals surface area contributed by atoms with E-state index in [1.807, 2.05) is 37.3 Å². The van der Waals surface area contributed by atoms with Gasteiger partial charge in [-0.3, -0.25) is 9.20 Å². The summed E-state index contributed by atoms with van der Waals surface area (Å²) < 4.78 is 8.06. The van der Waals surface area contributed by atoms with Crippen molar-refractivity contribution in [2.45, 2.75) is 13.5 Å². The van der Waals surface area contributed by atoms with Crippen LogP contribution in [0, 0.1) is 6.92 Å². The number of halogens is 1. The molecule has 0 aliphatic rings. The van der Waals surface area contributed by atoms with Crippen molar-refractivity contribution in [1.29, 1.82) is 0 Å². The molecule has 0 amide bonds. The number of pyridine rings is 1. The molecule has 0 spiro atoms. The molecule has 0 fully saturated rings. The van der Waals surface area contributed by atoms with Gasteiger partial charge in [-0.05, 0) is 47.1 Å². The van der Waals surface area contributed by atoms with Crippen LogP contribution in [0.3, 0.4) is 0 Å². The van der Waals surface area contributed by atoms with E-state index < -0.39 is 0 Å². The van der Waals surface area contributed by atoms with Gasteiger partial charge in [-0.15, -0.1) is 0 Å². The summed E-state index contributed by atoms with van der Waals surface area (Å²) >= 11 is 3.35. The largest absolute Gasteiger partial charge is 0.470 e. The Morgan fingerprint density at radius 2 is 1.84 bits per heavy atom. The Morgan fingerprint density at radius 3 is 2.64 bits per heavy atom. The van der Waals surface area contributed by atoms with E-state index in [0.29, 0.717) is 22.9 Å². The summed E-state index contributed by atoms with van der Waals surface area (Å²) in [6, 6.07) is 12.7. The van der Waals surface area contributed by atoms with E-state index in [2.05, 4.69) is 30.9 Å². The van der Waals surface area contributed by atoms with Gasteiger partial charge in [0.15, 0.2) is 0 Å². The monoisotopic (exact) mass is 396 g/mol. The predicted molar refractivity (Wildman–Crippen MR) is 97.8 cm³/mol. The molecule has 0 radical (unpaired) electrons. The van der Waals surface area contributed by atoms with Gasteiger partial charge in [-0.1, -0.05) is 12.1 Å². The zero-order valence-electron chi connectivity index (χ0n) is 13.3. The average Bonchev–Trinajstić information content (AvgIpc) is 2.60. The lowest BCUT2D eigenvalue weighted by molar-refractivity contribution is 0.286. The minimum Gasteiger partial charge on any atom is -0.470 e. The lowest BCUT2D eigenvalue weighted by Crippen LogP contribution is -2.16. The van der Waals surface area contributed by atoms with E-state index in [1.54, 1.807) is 12.3 Å². The number of rotatable bonds is 3. The van der Waals surface area contributed by atoms with E-state index in [9.17, 15) is 4.79 Å². The Morgan fingerprint density at radius 1 is 1.08 bits per heavy atom. The number of hydrogen-bond acceptors (Lipinski definition) is 5. The molecule has 0 N–H and O–H groups in total. The van der Waals surface area contributed by atoms with Crippen LogP contribution in [0.1, 0.15) is 11.4 Å². The van der Waals surface area contributed by atoms with Gasteiger partial charge in [0.1, 0.15) is 17.9 Å². The number of para-hydroxylation sites is 2. The highest BCUT2D eigenvalue weighted by Gasteiger charge is 2.08. The summed E-state index contributed by atoms with van der Waals surface area (Å²) in [6.07, 6.45) is 1.69.